The van der Waals surface area contributed by atoms with E-state index in [1.807, 2.05) is 11.8 Å². The van der Waals surface area contributed by atoms with Gasteiger partial charge in [0.05, 0.1) is 25.4 Å². The van der Waals surface area contributed by atoms with E-state index in [0.29, 0.717) is 12.3 Å². The number of carbonyl (C=O) groups is 1. The maximum absolute atomic E-state index is 14.2. The lowest BCUT2D eigenvalue weighted by Gasteiger charge is -2.40. The lowest BCUT2D eigenvalue weighted by molar-refractivity contribution is -0.303. The third kappa shape index (κ3) is 22.9. The van der Waals surface area contributed by atoms with E-state index in [1.54, 1.807) is 0 Å². The second-order valence-electron chi connectivity index (χ2n) is 19.2. The molecule has 0 aromatic rings. The molecule has 2 rings (SSSR count). The molecule has 2 fully saturated rings. The third-order valence-electron chi connectivity index (χ3n) is 13.6. The van der Waals surface area contributed by atoms with Crippen LogP contribution in [0.1, 0.15) is 240 Å². The molecule has 350 valence electrons. The first-order valence-electron chi connectivity index (χ1n) is 25.6. The van der Waals surface area contributed by atoms with Crippen molar-refractivity contribution >= 4 is 5.91 Å². The van der Waals surface area contributed by atoms with E-state index in [9.17, 15) is 30.3 Å². The van der Waals surface area contributed by atoms with Crippen molar-refractivity contribution in [2.45, 2.75) is 288 Å². The zero-order chi connectivity index (χ0) is 43.1. The van der Waals surface area contributed by atoms with Gasteiger partial charge in [0, 0.05) is 12.0 Å². The van der Waals surface area contributed by atoms with Gasteiger partial charge in [-0.3, -0.25) is 4.79 Å². The molecule has 0 saturated carbocycles. The molecule has 9 heteroatoms. The first-order chi connectivity index (χ1) is 28.7. The van der Waals surface area contributed by atoms with Gasteiger partial charge in [0.25, 0.3) is 0 Å². The van der Waals surface area contributed by atoms with Crippen molar-refractivity contribution in [3.8, 4) is 0 Å². The van der Waals surface area contributed by atoms with E-state index in [0.717, 1.165) is 32.1 Å². The van der Waals surface area contributed by atoms with Gasteiger partial charge >= 0.3 is 0 Å². The molecule has 0 radical (unpaired) electrons. The van der Waals surface area contributed by atoms with Gasteiger partial charge in [0.15, 0.2) is 6.29 Å². The van der Waals surface area contributed by atoms with Gasteiger partial charge in [-0.25, -0.2) is 0 Å². The molecule has 5 N–H and O–H groups in total. The number of amides is 1. The second-order valence-corrected chi connectivity index (χ2v) is 19.2. The number of hydrogen-bond donors (Lipinski definition) is 5. The molecule has 0 aromatic heterocycles. The minimum atomic E-state index is -1.55. The van der Waals surface area contributed by atoms with Crippen molar-refractivity contribution in [2.24, 2.45) is 11.8 Å². The van der Waals surface area contributed by atoms with Crippen molar-refractivity contribution in [1.29, 1.82) is 0 Å². The van der Waals surface area contributed by atoms with Gasteiger partial charge in [-0.15, -0.1) is 0 Å². The monoisotopic (exact) mass is 840 g/mol. The van der Waals surface area contributed by atoms with Gasteiger partial charge in [-0.1, -0.05) is 220 Å². The van der Waals surface area contributed by atoms with Crippen molar-refractivity contribution in [3.05, 3.63) is 0 Å². The van der Waals surface area contributed by atoms with Crippen LogP contribution in [0.5, 0.6) is 0 Å². The van der Waals surface area contributed by atoms with Gasteiger partial charge in [-0.05, 0) is 25.2 Å². The lowest BCUT2D eigenvalue weighted by Crippen LogP contribution is -2.60. The second kappa shape index (κ2) is 34.6. The summed E-state index contributed by atoms with van der Waals surface area (Å²) in [5.74, 6) is 0.277. The fourth-order valence-corrected chi connectivity index (χ4v) is 9.62. The SMILES string of the molecule is CCCCCCCCCCCCCCCCCCCCCCCC(C)C(=O)N1C(CC(C)CCCCCCCCCC)CC(O)C1COC1OC(CO)C(O)C(O)C1O. The Bertz CT molecular complexity index is 985. The number of ether oxygens (including phenoxy) is 2. The Balaban J connectivity index is 1.72. The number of carbonyl (C=O) groups excluding carboxylic acids is 1. The van der Waals surface area contributed by atoms with Gasteiger partial charge in [0.2, 0.25) is 5.91 Å². The number of aliphatic hydroxyl groups excluding tert-OH is 5. The van der Waals surface area contributed by atoms with Gasteiger partial charge in [-0.2, -0.15) is 0 Å². The molecular formula is C50H97NO8. The fraction of sp³-hybridized carbons (Fsp3) is 0.980. The summed E-state index contributed by atoms with van der Waals surface area (Å²) in [6.45, 7) is 8.19. The standard InChI is InChI=1S/C50H97NO8/c1-5-7-9-11-13-15-16-17-18-19-20-21-22-23-24-25-26-27-29-31-33-35-41(4)49(57)51-42(36-40(3)34-32-30-28-14-12-10-8-6-2)37-44(53)43(51)39-58-50-48(56)47(55)46(54)45(38-52)59-50/h40-48,50,52-56H,5-39H2,1-4H3. The van der Waals surface area contributed by atoms with E-state index in [2.05, 4.69) is 20.8 Å². The molecule has 2 aliphatic rings. The molecule has 0 bridgehead atoms. The van der Waals surface area contributed by atoms with Crippen LogP contribution in [0, 0.1) is 11.8 Å². The van der Waals surface area contributed by atoms with Crippen LogP contribution in [-0.2, 0) is 14.3 Å². The summed E-state index contributed by atoms with van der Waals surface area (Å²) in [7, 11) is 0. The number of hydrogen-bond acceptors (Lipinski definition) is 8. The normalized spacial score (nSPS) is 25.8. The van der Waals surface area contributed by atoms with Crippen molar-refractivity contribution in [2.75, 3.05) is 13.2 Å². The molecule has 2 aliphatic heterocycles. The Morgan fingerprint density at radius 2 is 1.00 bits per heavy atom. The summed E-state index contributed by atoms with van der Waals surface area (Å²) >= 11 is 0. The highest BCUT2D eigenvalue weighted by Gasteiger charge is 2.47. The summed E-state index contributed by atoms with van der Waals surface area (Å²) < 4.78 is 11.5. The fourth-order valence-electron chi connectivity index (χ4n) is 9.62. The van der Waals surface area contributed by atoms with Crippen LogP contribution in [0.3, 0.4) is 0 Å². The Labute approximate surface area is 363 Å². The molecule has 59 heavy (non-hydrogen) atoms. The number of nitrogens with zero attached hydrogens (tertiary/aromatic N) is 1. The minimum Gasteiger partial charge on any atom is -0.394 e. The zero-order valence-electron chi connectivity index (χ0n) is 38.9. The summed E-state index contributed by atoms with van der Waals surface area (Å²) in [4.78, 5) is 16.1. The molecule has 10 atom stereocenters. The van der Waals surface area contributed by atoms with E-state index >= 15 is 0 Å². The molecule has 2 heterocycles. The highest BCUT2D eigenvalue weighted by atomic mass is 16.7. The van der Waals surface area contributed by atoms with Crippen LogP contribution in [0.15, 0.2) is 0 Å². The average Bonchev–Trinajstić information content (AvgIpc) is 3.53. The summed E-state index contributed by atoms with van der Waals surface area (Å²) in [5, 5.41) is 52.1. The van der Waals surface area contributed by atoms with Crippen LogP contribution >= 0.6 is 0 Å². The van der Waals surface area contributed by atoms with E-state index in [4.69, 9.17) is 9.47 Å². The predicted molar refractivity (Wildman–Crippen MR) is 242 cm³/mol. The predicted octanol–water partition coefficient (Wildman–Crippen LogP) is 10.9. The van der Waals surface area contributed by atoms with E-state index < -0.39 is 49.5 Å². The summed E-state index contributed by atoms with van der Waals surface area (Å²) in [6, 6.07) is -0.718. The van der Waals surface area contributed by atoms with Gasteiger partial charge in [0.1, 0.15) is 24.4 Å². The first-order valence-corrected chi connectivity index (χ1v) is 25.6. The summed E-state index contributed by atoms with van der Waals surface area (Å²) in [6.07, 6.45) is 34.1. The largest absolute Gasteiger partial charge is 0.394 e. The van der Waals surface area contributed by atoms with Crippen LogP contribution in [-0.4, -0.2) is 98.4 Å². The topological polar surface area (TPSA) is 140 Å². The highest BCUT2D eigenvalue weighted by molar-refractivity contribution is 5.79. The van der Waals surface area contributed by atoms with Crippen molar-refractivity contribution in [1.82, 2.24) is 4.90 Å². The smallest absolute Gasteiger partial charge is 0.226 e. The number of aliphatic hydroxyl groups is 5. The molecule has 2 saturated heterocycles. The Hall–Kier alpha value is -0.810. The van der Waals surface area contributed by atoms with E-state index in [-0.39, 0.29) is 24.5 Å². The Morgan fingerprint density at radius 3 is 1.42 bits per heavy atom. The van der Waals surface area contributed by atoms with Crippen molar-refractivity contribution in [3.63, 3.8) is 0 Å². The molecular weight excluding hydrogens is 743 g/mol. The third-order valence-corrected chi connectivity index (χ3v) is 13.6. The Morgan fingerprint density at radius 1 is 0.593 bits per heavy atom. The maximum atomic E-state index is 14.2. The number of unbranched alkanes of at least 4 members (excludes halogenated alkanes) is 27. The Kier molecular flexibility index (Phi) is 31.9. The number of rotatable bonds is 38. The minimum absolute atomic E-state index is 0.0430. The van der Waals surface area contributed by atoms with Crippen LogP contribution in [0.25, 0.3) is 0 Å². The van der Waals surface area contributed by atoms with E-state index in [1.165, 1.54) is 173 Å². The zero-order valence-corrected chi connectivity index (χ0v) is 38.9. The molecule has 0 aromatic carbocycles. The quantitative estimate of drug-likeness (QED) is 0.0387. The number of likely N-dealkylation sites (tertiary alicyclic amines) is 1. The van der Waals surface area contributed by atoms with Crippen LogP contribution < -0.4 is 0 Å². The molecule has 0 spiro atoms. The molecule has 10 unspecified atom stereocenters. The molecule has 9 nitrogen and oxygen atoms in total. The first kappa shape index (κ1) is 54.3. The maximum Gasteiger partial charge on any atom is 0.226 e. The van der Waals surface area contributed by atoms with Gasteiger partial charge < -0.3 is 39.9 Å². The molecule has 1 amide bonds. The van der Waals surface area contributed by atoms with Crippen LogP contribution in [0.4, 0.5) is 0 Å². The molecule has 0 aliphatic carbocycles. The van der Waals surface area contributed by atoms with Crippen LogP contribution in [0.2, 0.25) is 0 Å². The van der Waals surface area contributed by atoms with Crippen molar-refractivity contribution < 1.29 is 39.8 Å². The average molecular weight is 840 g/mol. The lowest BCUT2D eigenvalue weighted by atomic mass is 9.93. The highest BCUT2D eigenvalue weighted by Crippen LogP contribution is 2.34. The summed E-state index contributed by atoms with van der Waals surface area (Å²) in [5.41, 5.74) is 0.